The Balaban J connectivity index is 1.14. The highest BCUT2D eigenvalue weighted by Gasteiger charge is 2.25. The number of benzene rings is 3. The van der Waals surface area contributed by atoms with Crippen LogP contribution in [0.5, 0.6) is 5.75 Å². The van der Waals surface area contributed by atoms with Crippen LogP contribution < -0.4 is 15.4 Å². The number of aromatic nitrogens is 2. The third-order valence-electron chi connectivity index (χ3n) is 7.49. The van der Waals surface area contributed by atoms with E-state index in [4.69, 9.17) is 14.5 Å². The van der Waals surface area contributed by atoms with E-state index in [9.17, 15) is 4.39 Å². The molecular formula is C31H34F2N6O2. The van der Waals surface area contributed by atoms with Crippen LogP contribution in [0.1, 0.15) is 0 Å². The second-order valence-corrected chi connectivity index (χ2v) is 10.4. The lowest BCUT2D eigenvalue weighted by Crippen LogP contribution is -2.55. The summed E-state index contributed by atoms with van der Waals surface area (Å²) in [6.07, 6.45) is 1.74. The van der Waals surface area contributed by atoms with Crippen LogP contribution in [0.3, 0.4) is 0 Å². The first-order valence-corrected chi connectivity index (χ1v) is 14.1. The highest BCUT2D eigenvalue weighted by atomic mass is 19.1. The number of halogens is 2. The topological polar surface area (TPSA) is 74.8 Å². The Morgan fingerprint density at radius 3 is 2.54 bits per heavy atom. The van der Waals surface area contributed by atoms with Crippen molar-refractivity contribution in [3.05, 3.63) is 72.7 Å². The zero-order valence-corrected chi connectivity index (χ0v) is 22.9. The van der Waals surface area contributed by atoms with E-state index in [1.165, 1.54) is 6.07 Å². The molecular weight excluding hydrogens is 526 g/mol. The number of para-hydroxylation sites is 1. The van der Waals surface area contributed by atoms with Crippen molar-refractivity contribution >= 4 is 28.2 Å². The number of nitrogens with one attached hydrogen (secondary N) is 2. The maximum atomic E-state index is 15.1. The minimum absolute atomic E-state index is 0.309. The Morgan fingerprint density at radius 1 is 0.927 bits per heavy atom. The number of hydrogen-bond donors (Lipinski definition) is 2. The Bertz CT molecular complexity index is 1460. The Kier molecular flexibility index (Phi) is 8.50. The van der Waals surface area contributed by atoms with Gasteiger partial charge in [0.05, 0.1) is 24.8 Å². The van der Waals surface area contributed by atoms with Crippen LogP contribution in [0.2, 0.25) is 0 Å². The third kappa shape index (κ3) is 6.73. The highest BCUT2D eigenvalue weighted by Crippen LogP contribution is 2.32. The molecule has 41 heavy (non-hydrogen) atoms. The number of morpholine rings is 1. The van der Waals surface area contributed by atoms with Crippen molar-refractivity contribution in [2.75, 3.05) is 76.4 Å². The largest absolute Gasteiger partial charge is 0.492 e. The maximum absolute atomic E-state index is 15.1. The first-order chi connectivity index (χ1) is 20.1. The van der Waals surface area contributed by atoms with Crippen LogP contribution in [-0.2, 0) is 4.74 Å². The third-order valence-corrected chi connectivity index (χ3v) is 7.49. The lowest BCUT2D eigenvalue weighted by Gasteiger charge is -2.39. The smallest absolute Gasteiger partial charge is 0.227 e. The molecule has 0 atom stereocenters. The monoisotopic (exact) mass is 560 g/mol. The Hall–Kier alpha value is -3.86. The standard InChI is InChI=1S/C31H34F2N6O2/c32-10-11-39-20-25(21-39)35-23-4-6-24(7-5-23)36-31-34-19-22-2-1-3-27(30(22)37-31)28-18-26(8-9-29(28)33)41-17-14-38-12-15-40-16-13-38/h1-9,18-19,25,35H,10-17,20-21H2,(H,34,36,37). The Morgan fingerprint density at radius 2 is 1.73 bits per heavy atom. The summed E-state index contributed by atoms with van der Waals surface area (Å²) in [4.78, 5) is 13.6. The number of hydrogen-bond acceptors (Lipinski definition) is 8. The van der Waals surface area contributed by atoms with Gasteiger partial charge in [-0.3, -0.25) is 9.80 Å². The molecule has 3 heterocycles. The molecule has 0 spiro atoms. The summed E-state index contributed by atoms with van der Waals surface area (Å²) in [5, 5.41) is 7.54. The molecule has 0 aliphatic carbocycles. The van der Waals surface area contributed by atoms with Gasteiger partial charge in [-0.2, -0.15) is 0 Å². The molecule has 2 aliphatic heterocycles. The van der Waals surface area contributed by atoms with Crippen molar-refractivity contribution in [2.24, 2.45) is 0 Å². The fraction of sp³-hybridized carbons (Fsp3) is 0.355. The first kappa shape index (κ1) is 27.3. The zero-order chi connectivity index (χ0) is 28.0. The van der Waals surface area contributed by atoms with Gasteiger partial charge in [0.1, 0.15) is 24.8 Å². The van der Waals surface area contributed by atoms with E-state index in [1.54, 1.807) is 18.3 Å². The van der Waals surface area contributed by atoms with Gasteiger partial charge in [0.2, 0.25) is 5.95 Å². The van der Waals surface area contributed by atoms with Crippen LogP contribution in [0.25, 0.3) is 22.0 Å². The molecule has 0 amide bonds. The molecule has 2 N–H and O–H groups in total. The average Bonchev–Trinajstić information content (AvgIpc) is 2.98. The van der Waals surface area contributed by atoms with Crippen LogP contribution in [0.4, 0.5) is 26.1 Å². The molecule has 0 bridgehead atoms. The molecule has 10 heteroatoms. The summed E-state index contributed by atoms with van der Waals surface area (Å²) in [7, 11) is 0. The van der Waals surface area contributed by atoms with Gasteiger partial charge < -0.3 is 20.1 Å². The van der Waals surface area contributed by atoms with Crippen molar-refractivity contribution in [3.63, 3.8) is 0 Å². The van der Waals surface area contributed by atoms with Crippen LogP contribution in [0, 0.1) is 5.82 Å². The molecule has 214 valence electrons. The molecule has 0 saturated carbocycles. The number of likely N-dealkylation sites (tertiary alicyclic amines) is 1. The molecule has 0 unspecified atom stereocenters. The number of anilines is 3. The predicted molar refractivity (Wildman–Crippen MR) is 157 cm³/mol. The summed E-state index contributed by atoms with van der Waals surface area (Å²) in [5.74, 6) is 0.697. The predicted octanol–water partition coefficient (Wildman–Crippen LogP) is 4.96. The van der Waals surface area contributed by atoms with Gasteiger partial charge in [0.25, 0.3) is 0 Å². The first-order valence-electron chi connectivity index (χ1n) is 14.1. The number of nitrogens with zero attached hydrogens (tertiary/aromatic N) is 4. The quantitative estimate of drug-likeness (QED) is 0.267. The van der Waals surface area contributed by atoms with E-state index in [-0.39, 0.29) is 12.5 Å². The van der Waals surface area contributed by atoms with Crippen LogP contribution in [0.15, 0.2) is 66.9 Å². The second-order valence-electron chi connectivity index (χ2n) is 10.4. The van der Waals surface area contributed by atoms with Crippen molar-refractivity contribution < 1.29 is 18.3 Å². The molecule has 8 nitrogen and oxygen atoms in total. The van der Waals surface area contributed by atoms with Crippen molar-refractivity contribution in [2.45, 2.75) is 6.04 Å². The lowest BCUT2D eigenvalue weighted by molar-refractivity contribution is 0.0322. The SMILES string of the molecule is FCCN1CC(Nc2ccc(Nc3ncc4cccc(-c5cc(OCCN6CCOCC6)ccc5F)c4n3)cc2)C1. The molecule has 0 radical (unpaired) electrons. The minimum atomic E-state index is -0.339. The lowest BCUT2D eigenvalue weighted by atomic mass is 10.0. The molecule has 3 aromatic carbocycles. The Labute approximate surface area is 238 Å². The van der Waals surface area contributed by atoms with Gasteiger partial charge in [-0.25, -0.2) is 18.7 Å². The second kappa shape index (κ2) is 12.8. The van der Waals surface area contributed by atoms with Gasteiger partial charge in [0.15, 0.2) is 0 Å². The number of fused-ring (bicyclic) bond motifs is 1. The van der Waals surface area contributed by atoms with Gasteiger partial charge >= 0.3 is 0 Å². The van der Waals surface area contributed by atoms with E-state index in [1.807, 2.05) is 42.5 Å². The summed E-state index contributed by atoms with van der Waals surface area (Å²) < 4.78 is 38.9. The van der Waals surface area contributed by atoms with Gasteiger partial charge in [-0.1, -0.05) is 18.2 Å². The fourth-order valence-electron chi connectivity index (χ4n) is 5.23. The van der Waals surface area contributed by atoms with Gasteiger partial charge in [-0.15, -0.1) is 0 Å². The number of alkyl halides is 1. The summed E-state index contributed by atoms with van der Waals surface area (Å²) in [6, 6.07) is 18.7. The average molecular weight is 561 g/mol. The van der Waals surface area contributed by atoms with Crippen molar-refractivity contribution in [1.82, 2.24) is 19.8 Å². The maximum Gasteiger partial charge on any atom is 0.227 e. The fourth-order valence-corrected chi connectivity index (χ4v) is 5.23. The molecule has 6 rings (SSSR count). The van der Waals surface area contributed by atoms with E-state index in [0.29, 0.717) is 47.5 Å². The van der Waals surface area contributed by atoms with Crippen LogP contribution in [-0.4, -0.2) is 91.6 Å². The van der Waals surface area contributed by atoms with Crippen molar-refractivity contribution in [1.29, 1.82) is 0 Å². The molecule has 2 fully saturated rings. The summed E-state index contributed by atoms with van der Waals surface area (Å²) >= 11 is 0. The van der Waals surface area contributed by atoms with Gasteiger partial charge in [-0.05, 0) is 42.5 Å². The van der Waals surface area contributed by atoms with Crippen LogP contribution >= 0.6 is 0 Å². The zero-order valence-electron chi connectivity index (χ0n) is 22.9. The van der Waals surface area contributed by atoms with E-state index in [2.05, 4.69) is 25.4 Å². The molecule has 2 saturated heterocycles. The normalized spacial score (nSPS) is 16.4. The number of rotatable bonds is 11. The van der Waals surface area contributed by atoms with E-state index in [0.717, 1.165) is 62.7 Å². The number of ether oxygens (including phenoxy) is 2. The highest BCUT2D eigenvalue weighted by molar-refractivity contribution is 5.94. The molecule has 2 aliphatic rings. The summed E-state index contributed by atoms with van der Waals surface area (Å²) in [5.41, 5.74) is 3.59. The summed E-state index contributed by atoms with van der Waals surface area (Å²) in [6.45, 7) is 6.47. The molecule has 4 aromatic rings. The van der Waals surface area contributed by atoms with E-state index >= 15 is 4.39 Å². The molecule has 1 aromatic heterocycles. The van der Waals surface area contributed by atoms with E-state index < -0.39 is 0 Å². The van der Waals surface area contributed by atoms with Crippen molar-refractivity contribution in [3.8, 4) is 16.9 Å². The van der Waals surface area contributed by atoms with Gasteiger partial charge in [0, 0.05) is 73.4 Å². The minimum Gasteiger partial charge on any atom is -0.492 e.